The van der Waals surface area contributed by atoms with Crippen LogP contribution in [0.4, 0.5) is 5.82 Å². The summed E-state index contributed by atoms with van der Waals surface area (Å²) in [5, 5.41) is 24.0. The van der Waals surface area contributed by atoms with E-state index in [4.69, 9.17) is 4.74 Å². The summed E-state index contributed by atoms with van der Waals surface area (Å²) < 4.78 is 5.40. The molecule has 168 valence electrons. The SMILES string of the molecule is CCCC(C(=O)O)C(Cc1ccc(-c2ccc(N3CCOCC3)nc2)cc1)c1nn[nH]n1. The van der Waals surface area contributed by atoms with Crippen LogP contribution in [0, 0.1) is 5.92 Å². The van der Waals surface area contributed by atoms with Crippen LogP contribution in [0.2, 0.25) is 0 Å². The summed E-state index contributed by atoms with van der Waals surface area (Å²) in [5.41, 5.74) is 3.13. The van der Waals surface area contributed by atoms with E-state index < -0.39 is 11.9 Å². The van der Waals surface area contributed by atoms with E-state index in [1.807, 2.05) is 43.5 Å². The summed E-state index contributed by atoms with van der Waals surface area (Å²) in [4.78, 5) is 18.7. The Morgan fingerprint density at radius 2 is 1.91 bits per heavy atom. The maximum Gasteiger partial charge on any atom is 0.307 e. The number of carboxylic acid groups (broad SMARTS) is 1. The quantitative estimate of drug-likeness (QED) is 0.526. The molecule has 32 heavy (non-hydrogen) atoms. The van der Waals surface area contributed by atoms with Crippen molar-refractivity contribution < 1.29 is 14.6 Å². The smallest absolute Gasteiger partial charge is 0.307 e. The molecule has 9 heteroatoms. The number of pyridine rings is 1. The second-order valence-electron chi connectivity index (χ2n) is 8.02. The number of hydrogen-bond acceptors (Lipinski definition) is 7. The summed E-state index contributed by atoms with van der Waals surface area (Å²) in [7, 11) is 0. The van der Waals surface area contributed by atoms with Gasteiger partial charge >= 0.3 is 5.97 Å². The third-order valence-electron chi connectivity index (χ3n) is 5.92. The van der Waals surface area contributed by atoms with Gasteiger partial charge in [-0.25, -0.2) is 4.98 Å². The van der Waals surface area contributed by atoms with Crippen LogP contribution in [0.5, 0.6) is 0 Å². The van der Waals surface area contributed by atoms with E-state index in [1.165, 1.54) is 0 Å². The summed E-state index contributed by atoms with van der Waals surface area (Å²) in [6.07, 6.45) is 3.76. The Bertz CT molecular complexity index is 986. The molecule has 2 atom stereocenters. The molecule has 2 N–H and O–H groups in total. The van der Waals surface area contributed by atoms with Crippen molar-refractivity contribution in [1.29, 1.82) is 0 Å². The lowest BCUT2D eigenvalue weighted by Gasteiger charge is -2.27. The number of aromatic nitrogens is 5. The first-order valence-corrected chi connectivity index (χ1v) is 11.0. The zero-order valence-corrected chi connectivity index (χ0v) is 18.1. The number of hydrogen-bond donors (Lipinski definition) is 2. The van der Waals surface area contributed by atoms with Crippen LogP contribution in [-0.2, 0) is 16.0 Å². The van der Waals surface area contributed by atoms with Crippen LogP contribution in [0.15, 0.2) is 42.6 Å². The number of rotatable bonds is 9. The van der Waals surface area contributed by atoms with Crippen LogP contribution in [0.1, 0.15) is 37.1 Å². The second-order valence-corrected chi connectivity index (χ2v) is 8.02. The molecule has 1 fully saturated rings. The Hall–Kier alpha value is -3.33. The summed E-state index contributed by atoms with van der Waals surface area (Å²) >= 11 is 0. The van der Waals surface area contributed by atoms with Gasteiger partial charge in [-0.3, -0.25) is 4.79 Å². The van der Waals surface area contributed by atoms with Gasteiger partial charge in [-0.1, -0.05) is 42.8 Å². The predicted octanol–water partition coefficient (Wildman–Crippen LogP) is 2.93. The molecule has 0 aliphatic carbocycles. The summed E-state index contributed by atoms with van der Waals surface area (Å²) in [5.74, 6) is -0.324. The van der Waals surface area contributed by atoms with Gasteiger partial charge in [0.15, 0.2) is 5.82 Å². The number of aromatic amines is 1. The molecule has 2 aromatic heterocycles. The number of benzene rings is 1. The number of nitrogens with zero attached hydrogens (tertiary/aromatic N) is 5. The van der Waals surface area contributed by atoms with Crippen LogP contribution in [0.25, 0.3) is 11.1 Å². The van der Waals surface area contributed by atoms with Gasteiger partial charge in [0, 0.05) is 30.8 Å². The highest BCUT2D eigenvalue weighted by molar-refractivity contribution is 5.71. The molecule has 9 nitrogen and oxygen atoms in total. The van der Waals surface area contributed by atoms with Crippen LogP contribution < -0.4 is 4.90 Å². The fraction of sp³-hybridized carbons (Fsp3) is 0.435. The zero-order valence-electron chi connectivity index (χ0n) is 18.1. The van der Waals surface area contributed by atoms with Gasteiger partial charge in [-0.2, -0.15) is 5.21 Å². The summed E-state index contributed by atoms with van der Waals surface area (Å²) in [6, 6.07) is 12.3. The normalized spacial score (nSPS) is 16.0. The molecule has 0 amide bonds. The molecule has 0 spiro atoms. The maximum atomic E-state index is 11.9. The van der Waals surface area contributed by atoms with Crippen LogP contribution >= 0.6 is 0 Å². The third kappa shape index (κ3) is 5.11. The molecule has 3 heterocycles. The van der Waals surface area contributed by atoms with Crippen molar-refractivity contribution in [3.05, 3.63) is 54.0 Å². The van der Waals surface area contributed by atoms with Crippen LogP contribution in [-0.4, -0.2) is 63.0 Å². The topological polar surface area (TPSA) is 117 Å². The number of anilines is 1. The number of nitrogens with one attached hydrogen (secondary N) is 1. The van der Waals surface area contributed by atoms with Crippen LogP contribution in [0.3, 0.4) is 0 Å². The van der Waals surface area contributed by atoms with Gasteiger partial charge in [0.1, 0.15) is 5.82 Å². The highest BCUT2D eigenvalue weighted by atomic mass is 16.5. The van der Waals surface area contributed by atoms with Crippen molar-refractivity contribution in [2.75, 3.05) is 31.2 Å². The Labute approximate surface area is 186 Å². The Balaban J connectivity index is 1.49. The van der Waals surface area contributed by atoms with E-state index in [2.05, 4.69) is 36.6 Å². The molecule has 1 saturated heterocycles. The number of aliphatic carboxylic acids is 1. The molecule has 3 aromatic rings. The molecule has 0 bridgehead atoms. The predicted molar refractivity (Wildman–Crippen MR) is 119 cm³/mol. The molecule has 4 rings (SSSR count). The lowest BCUT2D eigenvalue weighted by Crippen LogP contribution is -2.36. The number of ether oxygens (including phenoxy) is 1. The minimum absolute atomic E-state index is 0.341. The molecule has 0 saturated carbocycles. The van der Waals surface area contributed by atoms with E-state index in [9.17, 15) is 9.90 Å². The first-order valence-electron chi connectivity index (χ1n) is 11.0. The van der Waals surface area contributed by atoms with Crippen molar-refractivity contribution in [2.45, 2.75) is 32.1 Å². The van der Waals surface area contributed by atoms with E-state index in [1.54, 1.807) is 0 Å². The lowest BCUT2D eigenvalue weighted by molar-refractivity contribution is -0.142. The van der Waals surface area contributed by atoms with E-state index in [0.717, 1.165) is 55.2 Å². The molecule has 1 aliphatic rings. The average molecular weight is 437 g/mol. The Morgan fingerprint density at radius 1 is 1.16 bits per heavy atom. The minimum Gasteiger partial charge on any atom is -0.481 e. The minimum atomic E-state index is -0.829. The number of morpholine rings is 1. The number of H-pyrrole nitrogens is 1. The van der Waals surface area contributed by atoms with Gasteiger partial charge in [0.2, 0.25) is 0 Å². The van der Waals surface area contributed by atoms with Gasteiger partial charge in [0.25, 0.3) is 0 Å². The molecule has 2 unspecified atom stereocenters. The maximum absolute atomic E-state index is 11.9. The van der Waals surface area contributed by atoms with Gasteiger partial charge < -0.3 is 14.7 Å². The molecule has 0 radical (unpaired) electrons. The third-order valence-corrected chi connectivity index (χ3v) is 5.92. The Morgan fingerprint density at radius 3 is 2.50 bits per heavy atom. The van der Waals surface area contributed by atoms with Crippen molar-refractivity contribution >= 4 is 11.8 Å². The van der Waals surface area contributed by atoms with Crippen molar-refractivity contribution in [3.63, 3.8) is 0 Å². The Kier molecular flexibility index (Phi) is 7.06. The van der Waals surface area contributed by atoms with E-state index in [-0.39, 0.29) is 5.92 Å². The highest BCUT2D eigenvalue weighted by Crippen LogP contribution is 2.31. The van der Waals surface area contributed by atoms with Crippen molar-refractivity contribution in [2.24, 2.45) is 5.92 Å². The first-order chi connectivity index (χ1) is 15.7. The monoisotopic (exact) mass is 436 g/mol. The average Bonchev–Trinajstić information content (AvgIpc) is 3.37. The highest BCUT2D eigenvalue weighted by Gasteiger charge is 2.32. The number of carbonyl (C=O) groups is 1. The molecular weight excluding hydrogens is 408 g/mol. The van der Waals surface area contributed by atoms with Gasteiger partial charge in [0.05, 0.1) is 19.1 Å². The van der Waals surface area contributed by atoms with E-state index >= 15 is 0 Å². The fourth-order valence-electron chi connectivity index (χ4n) is 4.17. The standard InChI is InChI=1S/C23H28N6O3/c1-2-3-19(23(30)31)20(22-25-27-28-26-22)14-16-4-6-17(7-5-16)18-8-9-21(24-15-18)29-10-12-32-13-11-29/h4-9,15,19-20H,2-3,10-14H2,1H3,(H,30,31)(H,25,26,27,28). The van der Waals surface area contributed by atoms with Crippen molar-refractivity contribution in [1.82, 2.24) is 25.6 Å². The zero-order chi connectivity index (χ0) is 22.3. The largest absolute Gasteiger partial charge is 0.481 e. The fourth-order valence-corrected chi connectivity index (χ4v) is 4.17. The lowest BCUT2D eigenvalue weighted by atomic mass is 9.83. The molecular formula is C23H28N6O3. The first kappa shape index (κ1) is 21.9. The van der Waals surface area contributed by atoms with Crippen molar-refractivity contribution in [3.8, 4) is 11.1 Å². The van der Waals surface area contributed by atoms with E-state index in [0.29, 0.717) is 18.7 Å². The van der Waals surface area contributed by atoms with Gasteiger partial charge in [-0.05, 0) is 36.1 Å². The summed E-state index contributed by atoms with van der Waals surface area (Å²) in [6.45, 7) is 5.17. The van der Waals surface area contributed by atoms with Gasteiger partial charge in [-0.15, -0.1) is 10.2 Å². The molecule has 1 aromatic carbocycles. The molecule has 1 aliphatic heterocycles. The number of carboxylic acids is 1. The second kappa shape index (κ2) is 10.3. The number of tetrazole rings is 1.